The minimum atomic E-state index is -0.753. The topological polar surface area (TPSA) is 103 Å². The van der Waals surface area contributed by atoms with Crippen LogP contribution in [0.2, 0.25) is 0 Å². The van der Waals surface area contributed by atoms with Crippen LogP contribution in [0.15, 0.2) is 47.3 Å². The Kier molecular flexibility index (Phi) is 3.25. The maximum absolute atomic E-state index is 11.3. The SMILES string of the molecule is CC1C=CC=C2C([NH+]([NH-])[O-])=CC=C([NH+]([NH-])[O-])C21. The number of nitrogens with one attached hydrogen (secondary N) is 4. The second kappa shape index (κ2) is 4.53. The van der Waals surface area contributed by atoms with E-state index in [4.69, 9.17) is 11.7 Å². The van der Waals surface area contributed by atoms with Crippen molar-refractivity contribution in [3.8, 4) is 0 Å². The number of allylic oxidation sites excluding steroid dienone is 7. The summed E-state index contributed by atoms with van der Waals surface area (Å²) in [5.74, 6) is 14.2. The molecule has 6 nitrogen and oxygen atoms in total. The quantitative estimate of drug-likeness (QED) is 0.667. The monoisotopic (exact) mass is 234 g/mol. The smallest absolute Gasteiger partial charge is 0.125 e. The molecule has 0 spiro atoms. The number of hydrogen-bond donors (Lipinski definition) is 2. The second-order valence-electron chi connectivity index (χ2n) is 4.20. The highest BCUT2D eigenvalue weighted by Gasteiger charge is 2.33. The van der Waals surface area contributed by atoms with Gasteiger partial charge in [-0.2, -0.15) is 0 Å². The molecule has 4 unspecified atom stereocenters. The molecule has 6 heteroatoms. The Balaban J connectivity index is 2.48. The van der Waals surface area contributed by atoms with Crippen molar-refractivity contribution in [3.05, 3.63) is 69.4 Å². The molecule has 2 aliphatic rings. The van der Waals surface area contributed by atoms with Crippen LogP contribution in [0.5, 0.6) is 0 Å². The van der Waals surface area contributed by atoms with E-state index >= 15 is 0 Å². The zero-order valence-corrected chi connectivity index (χ0v) is 9.36. The normalized spacial score (nSPS) is 31.0. The molecule has 0 aromatic carbocycles. The molecule has 0 fully saturated rings. The van der Waals surface area contributed by atoms with Crippen LogP contribution < -0.4 is 10.3 Å². The van der Waals surface area contributed by atoms with Crippen molar-refractivity contribution in [3.63, 3.8) is 0 Å². The molecule has 0 saturated heterocycles. The van der Waals surface area contributed by atoms with Crippen molar-refractivity contribution in [2.24, 2.45) is 11.8 Å². The van der Waals surface area contributed by atoms with Crippen LogP contribution in [-0.4, -0.2) is 0 Å². The summed E-state index contributed by atoms with van der Waals surface area (Å²) >= 11 is 0. The molecule has 0 heterocycles. The highest BCUT2D eigenvalue weighted by atomic mass is 16.5. The van der Waals surface area contributed by atoms with Crippen molar-refractivity contribution >= 4 is 0 Å². The molecule has 0 aliphatic heterocycles. The first-order chi connectivity index (χ1) is 8.02. The Bertz CT molecular complexity index is 435. The summed E-state index contributed by atoms with van der Waals surface area (Å²) in [7, 11) is 0. The van der Waals surface area contributed by atoms with Gasteiger partial charge in [0.05, 0.1) is 5.92 Å². The maximum atomic E-state index is 11.3. The van der Waals surface area contributed by atoms with Crippen molar-refractivity contribution in [1.29, 1.82) is 0 Å². The Morgan fingerprint density at radius 3 is 2.41 bits per heavy atom. The van der Waals surface area contributed by atoms with E-state index in [1.165, 1.54) is 12.2 Å². The average molecular weight is 234 g/mol. The van der Waals surface area contributed by atoms with Gasteiger partial charge in [0, 0.05) is 17.7 Å². The maximum Gasteiger partial charge on any atom is 0.125 e. The Morgan fingerprint density at radius 1 is 1.12 bits per heavy atom. The predicted octanol–water partition coefficient (Wildman–Crippen LogP) is 0.216. The first kappa shape index (κ1) is 12.2. The molecule has 17 heavy (non-hydrogen) atoms. The van der Waals surface area contributed by atoms with Gasteiger partial charge in [-0.05, 0) is 5.92 Å². The highest BCUT2D eigenvalue weighted by molar-refractivity contribution is 5.44. The van der Waals surface area contributed by atoms with E-state index in [2.05, 4.69) is 0 Å². The first-order valence-corrected chi connectivity index (χ1v) is 5.35. The number of quaternary nitrogens is 2. The molecule has 0 aromatic rings. The summed E-state index contributed by atoms with van der Waals surface area (Å²) in [5.41, 5.74) is 1.38. The third-order valence-corrected chi connectivity index (χ3v) is 3.13. The summed E-state index contributed by atoms with van der Waals surface area (Å²) in [6, 6.07) is 0. The van der Waals surface area contributed by atoms with Crippen LogP contribution in [0.1, 0.15) is 6.92 Å². The van der Waals surface area contributed by atoms with E-state index < -0.39 is 10.3 Å². The molecule has 0 bridgehead atoms. The molecule has 4 atom stereocenters. The molecular weight excluding hydrogens is 220 g/mol. The number of hydroxylamine groups is 2. The van der Waals surface area contributed by atoms with E-state index in [1.807, 2.05) is 19.1 Å². The molecular formula is C11H14N4O2-2. The summed E-state index contributed by atoms with van der Waals surface area (Å²) in [5, 5.41) is 21.0. The van der Waals surface area contributed by atoms with Crippen molar-refractivity contribution in [2.75, 3.05) is 0 Å². The lowest BCUT2D eigenvalue weighted by molar-refractivity contribution is -0.757. The third-order valence-electron chi connectivity index (χ3n) is 3.13. The number of fused-ring (bicyclic) bond motifs is 1. The van der Waals surface area contributed by atoms with Crippen molar-refractivity contribution in [2.45, 2.75) is 6.92 Å². The van der Waals surface area contributed by atoms with Crippen LogP contribution in [-0.2, 0) is 0 Å². The Morgan fingerprint density at radius 2 is 1.82 bits per heavy atom. The molecule has 92 valence electrons. The van der Waals surface area contributed by atoms with Crippen LogP contribution in [0.4, 0.5) is 0 Å². The van der Waals surface area contributed by atoms with Gasteiger partial charge in [0.25, 0.3) is 0 Å². The van der Waals surface area contributed by atoms with Gasteiger partial charge in [-0.3, -0.25) is 0 Å². The molecule has 0 amide bonds. The van der Waals surface area contributed by atoms with Gasteiger partial charge in [-0.25, -0.2) is 0 Å². The molecule has 0 aromatic heterocycles. The van der Waals surface area contributed by atoms with Gasteiger partial charge in [-0.1, -0.05) is 25.2 Å². The van der Waals surface area contributed by atoms with Crippen LogP contribution in [0, 0.1) is 22.3 Å². The van der Waals surface area contributed by atoms with Gasteiger partial charge in [0.1, 0.15) is 11.4 Å². The summed E-state index contributed by atoms with van der Waals surface area (Å²) in [6.07, 6.45) is 8.46. The largest absolute Gasteiger partial charge is 0.639 e. The van der Waals surface area contributed by atoms with Gasteiger partial charge in [0.2, 0.25) is 0 Å². The third kappa shape index (κ3) is 2.09. The van der Waals surface area contributed by atoms with Crippen LogP contribution in [0.3, 0.4) is 0 Å². The molecule has 0 radical (unpaired) electrons. The Hall–Kier alpha value is -1.28. The Labute approximate surface area is 99.3 Å². The lowest BCUT2D eigenvalue weighted by Crippen LogP contribution is -3.01. The van der Waals surface area contributed by atoms with E-state index in [-0.39, 0.29) is 11.8 Å². The van der Waals surface area contributed by atoms with E-state index in [0.717, 1.165) is 0 Å². The van der Waals surface area contributed by atoms with Crippen molar-refractivity contribution < 1.29 is 10.3 Å². The number of rotatable bonds is 2. The van der Waals surface area contributed by atoms with Gasteiger partial charge in [-0.15, -0.1) is 0 Å². The lowest BCUT2D eigenvalue weighted by atomic mass is 9.77. The molecule has 0 saturated carbocycles. The van der Waals surface area contributed by atoms with Crippen molar-refractivity contribution in [1.82, 2.24) is 0 Å². The fourth-order valence-electron chi connectivity index (χ4n) is 2.34. The van der Waals surface area contributed by atoms with Crippen LogP contribution >= 0.6 is 0 Å². The number of hydrogen-bond acceptors (Lipinski definition) is 2. The van der Waals surface area contributed by atoms with Gasteiger partial charge in [0.15, 0.2) is 0 Å². The summed E-state index contributed by atoms with van der Waals surface area (Å²) in [6.45, 7) is 1.93. The molecule has 2 aliphatic carbocycles. The summed E-state index contributed by atoms with van der Waals surface area (Å²) in [4.78, 5) is 0. The van der Waals surface area contributed by atoms with Crippen LogP contribution in [0.25, 0.3) is 11.7 Å². The fraction of sp³-hybridized carbons (Fsp3) is 0.273. The zero-order valence-electron chi connectivity index (χ0n) is 9.36. The molecule has 2 rings (SSSR count). The van der Waals surface area contributed by atoms with E-state index in [1.54, 1.807) is 6.08 Å². The zero-order chi connectivity index (χ0) is 12.6. The van der Waals surface area contributed by atoms with E-state index in [9.17, 15) is 10.4 Å². The lowest BCUT2D eigenvalue weighted by Gasteiger charge is -2.41. The second-order valence-corrected chi connectivity index (χ2v) is 4.20. The minimum Gasteiger partial charge on any atom is -0.639 e. The predicted molar refractivity (Wildman–Crippen MR) is 63.3 cm³/mol. The fourth-order valence-corrected chi connectivity index (χ4v) is 2.34. The minimum absolute atomic E-state index is 0.0543. The standard InChI is InChI=1S/C11H14N4O2/c1-7-3-2-4-8-9(14(12)16)5-6-10(11(7)8)15(13)17/h2-7,11-15H,1H3/q-2. The highest BCUT2D eigenvalue weighted by Crippen LogP contribution is 2.35. The average Bonchev–Trinajstić information content (AvgIpc) is 2.27. The van der Waals surface area contributed by atoms with Gasteiger partial charge >= 0.3 is 0 Å². The summed E-state index contributed by atoms with van der Waals surface area (Å²) < 4.78 is 0. The first-order valence-electron chi connectivity index (χ1n) is 5.35. The van der Waals surface area contributed by atoms with E-state index in [0.29, 0.717) is 17.0 Å². The molecule has 4 N–H and O–H groups in total. The van der Waals surface area contributed by atoms with Gasteiger partial charge < -0.3 is 32.4 Å².